The summed E-state index contributed by atoms with van der Waals surface area (Å²) in [7, 11) is 1.93. The fourth-order valence-corrected chi connectivity index (χ4v) is 3.26. The highest BCUT2D eigenvalue weighted by Crippen LogP contribution is 2.23. The van der Waals surface area contributed by atoms with Gasteiger partial charge in [0.25, 0.3) is 5.91 Å². The zero-order chi connectivity index (χ0) is 14.7. The minimum absolute atomic E-state index is 0.0696. The molecule has 0 bridgehead atoms. The lowest BCUT2D eigenvalue weighted by molar-refractivity contribution is -0.144. The van der Waals surface area contributed by atoms with E-state index in [-0.39, 0.29) is 18.1 Å². The van der Waals surface area contributed by atoms with Crippen molar-refractivity contribution in [2.24, 2.45) is 5.73 Å². The van der Waals surface area contributed by atoms with Gasteiger partial charge >= 0.3 is 0 Å². The molecule has 0 aliphatic carbocycles. The molecule has 2 unspecified atom stereocenters. The molecule has 116 valence electrons. The Morgan fingerprint density at radius 3 is 2.45 bits per heavy atom. The number of nitrogens with zero attached hydrogens (tertiary/aromatic N) is 2. The van der Waals surface area contributed by atoms with E-state index in [4.69, 9.17) is 10.5 Å². The Kier molecular flexibility index (Phi) is 5.41. The Morgan fingerprint density at radius 2 is 1.95 bits per heavy atom. The third kappa shape index (κ3) is 3.51. The summed E-state index contributed by atoms with van der Waals surface area (Å²) in [5, 5.41) is 0. The minimum Gasteiger partial charge on any atom is -0.364 e. The van der Waals surface area contributed by atoms with Gasteiger partial charge in [-0.15, -0.1) is 0 Å². The van der Waals surface area contributed by atoms with E-state index >= 15 is 0 Å². The van der Waals surface area contributed by atoms with E-state index in [0.29, 0.717) is 18.6 Å². The van der Waals surface area contributed by atoms with Crippen LogP contribution >= 0.6 is 0 Å². The van der Waals surface area contributed by atoms with Crippen LogP contribution in [0.4, 0.5) is 0 Å². The molecule has 2 heterocycles. The smallest absolute Gasteiger partial charge is 0.251 e. The maximum Gasteiger partial charge on any atom is 0.251 e. The zero-order valence-corrected chi connectivity index (χ0v) is 13.0. The topological polar surface area (TPSA) is 58.8 Å². The number of nitrogens with two attached hydrogens (primary N) is 1. The quantitative estimate of drug-likeness (QED) is 0.830. The van der Waals surface area contributed by atoms with Crippen molar-refractivity contribution in [3.63, 3.8) is 0 Å². The molecule has 2 aliphatic rings. The Bertz CT molecular complexity index is 327. The lowest BCUT2D eigenvalue weighted by Crippen LogP contribution is -2.49. The van der Waals surface area contributed by atoms with Crippen LogP contribution < -0.4 is 5.73 Å². The highest BCUT2D eigenvalue weighted by atomic mass is 16.5. The van der Waals surface area contributed by atoms with Crippen LogP contribution in [0.15, 0.2) is 0 Å². The van der Waals surface area contributed by atoms with Crippen molar-refractivity contribution in [1.82, 2.24) is 9.80 Å². The van der Waals surface area contributed by atoms with E-state index in [1.54, 1.807) is 0 Å². The molecule has 0 aromatic heterocycles. The summed E-state index contributed by atoms with van der Waals surface area (Å²) in [5.74, 6) is 0.143. The number of likely N-dealkylation sites (N-methyl/N-ethyl adjacent to an activating group) is 1. The molecule has 2 aliphatic heterocycles. The second-order valence-electron chi connectivity index (χ2n) is 6.37. The fraction of sp³-hybridized carbons (Fsp3) is 0.933. The summed E-state index contributed by atoms with van der Waals surface area (Å²) in [6, 6.07) is 0.957. The molecule has 5 nitrogen and oxygen atoms in total. The monoisotopic (exact) mass is 283 g/mol. The number of carbonyl (C=O) groups is 1. The molecule has 2 saturated heterocycles. The Balaban J connectivity index is 1.83. The summed E-state index contributed by atoms with van der Waals surface area (Å²) in [5.41, 5.74) is 5.60. The third-order valence-electron chi connectivity index (χ3n) is 4.77. The molecule has 2 atom stereocenters. The first-order valence-corrected chi connectivity index (χ1v) is 7.89. The number of carbonyl (C=O) groups excluding carboxylic acids is 1. The molecule has 2 N–H and O–H groups in total. The van der Waals surface area contributed by atoms with Crippen LogP contribution in [0, 0.1) is 0 Å². The highest BCUT2D eigenvalue weighted by molar-refractivity contribution is 5.81. The van der Waals surface area contributed by atoms with E-state index in [9.17, 15) is 4.79 Å². The maximum absolute atomic E-state index is 12.5. The standard InChI is InChI=1S/C15H29N3O2/c1-11(2)18-8-6-12(7-9-18)17(3)15(19)14-5-4-13(10-16)20-14/h11-14H,4-10,16H2,1-3H3. The molecule has 5 heteroatoms. The van der Waals surface area contributed by atoms with Crippen molar-refractivity contribution < 1.29 is 9.53 Å². The Hall–Kier alpha value is -0.650. The molecular weight excluding hydrogens is 254 g/mol. The molecular formula is C15H29N3O2. The molecule has 0 aromatic rings. The van der Waals surface area contributed by atoms with E-state index < -0.39 is 0 Å². The molecule has 1 amide bonds. The number of hydrogen-bond acceptors (Lipinski definition) is 4. The van der Waals surface area contributed by atoms with Crippen LogP contribution in [0.3, 0.4) is 0 Å². The molecule has 0 aromatic carbocycles. The van der Waals surface area contributed by atoms with Crippen molar-refractivity contribution in [3.05, 3.63) is 0 Å². The van der Waals surface area contributed by atoms with E-state index in [1.165, 1.54) is 0 Å². The van der Waals surface area contributed by atoms with Crippen LogP contribution in [0.25, 0.3) is 0 Å². The van der Waals surface area contributed by atoms with Gasteiger partial charge in [0.05, 0.1) is 6.10 Å². The van der Waals surface area contributed by atoms with Crippen molar-refractivity contribution in [2.75, 3.05) is 26.7 Å². The van der Waals surface area contributed by atoms with Crippen molar-refractivity contribution >= 4 is 5.91 Å². The molecule has 0 saturated carbocycles. The average Bonchev–Trinajstić information content (AvgIpc) is 2.94. The van der Waals surface area contributed by atoms with Gasteiger partial charge in [0.15, 0.2) is 0 Å². The Labute approximate surface area is 122 Å². The van der Waals surface area contributed by atoms with E-state index in [0.717, 1.165) is 38.8 Å². The van der Waals surface area contributed by atoms with Gasteiger partial charge < -0.3 is 20.3 Å². The summed E-state index contributed by atoms with van der Waals surface area (Å²) in [6.07, 6.45) is 3.65. The van der Waals surface area contributed by atoms with Crippen molar-refractivity contribution in [1.29, 1.82) is 0 Å². The first-order valence-electron chi connectivity index (χ1n) is 7.89. The van der Waals surface area contributed by atoms with E-state index in [1.807, 2.05) is 11.9 Å². The minimum atomic E-state index is -0.267. The summed E-state index contributed by atoms with van der Waals surface area (Å²) in [6.45, 7) is 7.14. The van der Waals surface area contributed by atoms with Crippen LogP contribution in [0.1, 0.15) is 39.5 Å². The molecule has 20 heavy (non-hydrogen) atoms. The van der Waals surface area contributed by atoms with Crippen LogP contribution in [0.5, 0.6) is 0 Å². The van der Waals surface area contributed by atoms with Gasteiger partial charge in [0.2, 0.25) is 0 Å². The Morgan fingerprint density at radius 1 is 1.30 bits per heavy atom. The number of amides is 1. The first kappa shape index (κ1) is 15.7. The largest absolute Gasteiger partial charge is 0.364 e. The number of likely N-dealkylation sites (tertiary alicyclic amines) is 1. The zero-order valence-electron chi connectivity index (χ0n) is 13.0. The summed E-state index contributed by atoms with van der Waals surface area (Å²) in [4.78, 5) is 16.9. The lowest BCUT2D eigenvalue weighted by Gasteiger charge is -2.39. The average molecular weight is 283 g/mol. The van der Waals surface area contributed by atoms with Gasteiger partial charge in [-0.3, -0.25) is 4.79 Å². The van der Waals surface area contributed by atoms with Gasteiger partial charge in [-0.2, -0.15) is 0 Å². The number of piperidine rings is 1. The van der Waals surface area contributed by atoms with Crippen LogP contribution in [-0.4, -0.2) is 66.7 Å². The maximum atomic E-state index is 12.5. The van der Waals surface area contributed by atoms with Gasteiger partial charge in [-0.1, -0.05) is 0 Å². The molecule has 2 rings (SSSR count). The first-order chi connectivity index (χ1) is 9.52. The fourth-order valence-electron chi connectivity index (χ4n) is 3.26. The van der Waals surface area contributed by atoms with E-state index in [2.05, 4.69) is 18.7 Å². The second-order valence-corrected chi connectivity index (χ2v) is 6.37. The van der Waals surface area contributed by atoms with Crippen LogP contribution in [0.2, 0.25) is 0 Å². The van der Waals surface area contributed by atoms with Crippen molar-refractivity contribution in [3.8, 4) is 0 Å². The predicted molar refractivity (Wildman–Crippen MR) is 79.5 cm³/mol. The van der Waals surface area contributed by atoms with Crippen LogP contribution in [-0.2, 0) is 9.53 Å². The van der Waals surface area contributed by atoms with Gasteiger partial charge in [-0.25, -0.2) is 0 Å². The number of ether oxygens (including phenoxy) is 1. The highest BCUT2D eigenvalue weighted by Gasteiger charge is 2.35. The molecule has 0 radical (unpaired) electrons. The third-order valence-corrected chi connectivity index (χ3v) is 4.77. The SMILES string of the molecule is CC(C)N1CCC(N(C)C(=O)C2CCC(CN)O2)CC1. The normalized spacial score (nSPS) is 29.1. The number of rotatable bonds is 4. The molecule has 0 spiro atoms. The lowest BCUT2D eigenvalue weighted by atomic mass is 10.0. The second kappa shape index (κ2) is 6.87. The van der Waals surface area contributed by atoms with Gasteiger partial charge in [-0.05, 0) is 39.5 Å². The van der Waals surface area contributed by atoms with Crippen molar-refractivity contribution in [2.45, 2.75) is 63.8 Å². The summed E-state index contributed by atoms with van der Waals surface area (Å²) < 4.78 is 5.72. The van der Waals surface area contributed by atoms with Gasteiger partial charge in [0, 0.05) is 38.8 Å². The molecule has 2 fully saturated rings. The summed E-state index contributed by atoms with van der Waals surface area (Å²) >= 11 is 0. The van der Waals surface area contributed by atoms with Gasteiger partial charge in [0.1, 0.15) is 6.10 Å². The predicted octanol–water partition coefficient (Wildman–Crippen LogP) is 0.824. The number of hydrogen-bond donors (Lipinski definition) is 1.